The third-order valence-electron chi connectivity index (χ3n) is 9.05. The standard InChI is InChI=1S/C33H42F3N5O3S2/c1-20(2)25-12-26(28(43)13-27(25)42)29(37)41(30(38)31(44)39-17-33(34,35)36)22-10-8-21(9-11-22)16-40-18-32(19-40)14-24(15-32)46-45-23-6-4-3-5-7-23/h8-13,20,23-24,37-38,42-43H,3-7,14-19H2,1-2H3,(H,39,44). The molecule has 1 heterocycles. The number of phenolic OH excluding ortho intramolecular Hbond substituents is 2. The number of amides is 1. The lowest BCUT2D eigenvalue weighted by Gasteiger charge is -2.59. The summed E-state index contributed by atoms with van der Waals surface area (Å²) in [5, 5.41) is 41.4. The normalized spacial score (nSPS) is 18.7. The second-order valence-electron chi connectivity index (χ2n) is 13.2. The lowest BCUT2D eigenvalue weighted by molar-refractivity contribution is -0.134. The van der Waals surface area contributed by atoms with Gasteiger partial charge in [-0.15, -0.1) is 0 Å². The molecule has 2 saturated carbocycles. The van der Waals surface area contributed by atoms with E-state index in [1.54, 1.807) is 17.4 Å². The van der Waals surface area contributed by atoms with E-state index >= 15 is 0 Å². The Labute approximate surface area is 275 Å². The maximum atomic E-state index is 12.8. The molecule has 1 spiro atoms. The van der Waals surface area contributed by atoms with Crippen LogP contribution in [0.15, 0.2) is 36.4 Å². The van der Waals surface area contributed by atoms with Crippen LogP contribution in [-0.4, -0.2) is 69.0 Å². The number of nitrogens with zero attached hydrogens (tertiary/aromatic N) is 2. The summed E-state index contributed by atoms with van der Waals surface area (Å²) < 4.78 is 38.4. The van der Waals surface area contributed by atoms with E-state index in [0.29, 0.717) is 17.5 Å². The minimum absolute atomic E-state index is 0.0843. The molecule has 0 unspecified atom stereocenters. The predicted octanol–water partition coefficient (Wildman–Crippen LogP) is 7.39. The van der Waals surface area contributed by atoms with E-state index < -0.39 is 36.0 Å². The van der Waals surface area contributed by atoms with Crippen LogP contribution in [0.1, 0.15) is 81.4 Å². The molecule has 1 saturated heterocycles. The lowest BCUT2D eigenvalue weighted by atomic mass is 9.63. The molecule has 0 aromatic heterocycles. The highest BCUT2D eigenvalue weighted by Gasteiger charge is 2.52. The quantitative estimate of drug-likeness (QED) is 0.107. The number of hydrogen-bond donors (Lipinski definition) is 5. The molecule has 3 fully saturated rings. The van der Waals surface area contributed by atoms with E-state index in [1.165, 1.54) is 51.0 Å². The first kappa shape index (κ1) is 34.4. The number of hydrogen-bond acceptors (Lipinski definition) is 8. The van der Waals surface area contributed by atoms with Crippen molar-refractivity contribution in [1.29, 1.82) is 10.8 Å². The lowest BCUT2D eigenvalue weighted by Crippen LogP contribution is -2.62. The van der Waals surface area contributed by atoms with Gasteiger partial charge in [0.25, 0.3) is 5.91 Å². The molecule has 1 amide bonds. The molecule has 8 nitrogen and oxygen atoms in total. The molecule has 2 aliphatic carbocycles. The van der Waals surface area contributed by atoms with Crippen LogP contribution in [-0.2, 0) is 11.3 Å². The molecule has 5 N–H and O–H groups in total. The summed E-state index contributed by atoms with van der Waals surface area (Å²) in [6.07, 6.45) is 4.65. The van der Waals surface area contributed by atoms with Crippen LogP contribution >= 0.6 is 21.6 Å². The van der Waals surface area contributed by atoms with E-state index in [-0.39, 0.29) is 22.9 Å². The van der Waals surface area contributed by atoms with Gasteiger partial charge in [-0.3, -0.25) is 25.4 Å². The zero-order valence-corrected chi connectivity index (χ0v) is 27.8. The fraction of sp³-hybridized carbons (Fsp3) is 0.545. The zero-order chi connectivity index (χ0) is 33.2. The maximum Gasteiger partial charge on any atom is 0.405 e. The minimum Gasteiger partial charge on any atom is -0.508 e. The van der Waals surface area contributed by atoms with Crippen molar-refractivity contribution in [2.45, 2.75) is 87.9 Å². The third kappa shape index (κ3) is 8.14. The van der Waals surface area contributed by atoms with Crippen molar-refractivity contribution in [2.75, 3.05) is 24.5 Å². The second kappa shape index (κ2) is 14.1. The van der Waals surface area contributed by atoms with Crippen LogP contribution in [0.3, 0.4) is 0 Å². The van der Waals surface area contributed by atoms with Crippen LogP contribution in [0.4, 0.5) is 18.9 Å². The highest BCUT2D eigenvalue weighted by Crippen LogP contribution is 2.56. The summed E-state index contributed by atoms with van der Waals surface area (Å²) in [4.78, 5) is 15.9. The molecule has 1 aliphatic heterocycles. The summed E-state index contributed by atoms with van der Waals surface area (Å²) in [5.41, 5.74) is 1.95. The number of likely N-dealkylation sites (tertiary alicyclic amines) is 1. The van der Waals surface area contributed by atoms with Crippen LogP contribution in [0.25, 0.3) is 0 Å². The predicted molar refractivity (Wildman–Crippen MR) is 179 cm³/mol. The molecule has 2 aromatic rings. The summed E-state index contributed by atoms with van der Waals surface area (Å²) in [5.74, 6) is -3.56. The number of carbonyl (C=O) groups is 1. The average molecular weight is 678 g/mol. The van der Waals surface area contributed by atoms with Gasteiger partial charge < -0.3 is 15.5 Å². The monoisotopic (exact) mass is 677 g/mol. The van der Waals surface area contributed by atoms with Crippen molar-refractivity contribution in [3.05, 3.63) is 53.1 Å². The van der Waals surface area contributed by atoms with Gasteiger partial charge in [-0.2, -0.15) is 13.2 Å². The maximum absolute atomic E-state index is 12.8. The van der Waals surface area contributed by atoms with Crippen LogP contribution in [0.2, 0.25) is 0 Å². The Hall–Kier alpha value is -2.90. The molecule has 13 heteroatoms. The van der Waals surface area contributed by atoms with Crippen molar-refractivity contribution in [3.63, 3.8) is 0 Å². The van der Waals surface area contributed by atoms with Gasteiger partial charge in [0.15, 0.2) is 5.84 Å². The smallest absolute Gasteiger partial charge is 0.405 e. The second-order valence-corrected chi connectivity index (χ2v) is 16.1. The summed E-state index contributed by atoms with van der Waals surface area (Å²) in [6.45, 7) is 4.78. The SMILES string of the molecule is CC(C)c1cc(C(=N)N(C(=N)C(=O)NCC(F)(F)F)c2ccc(CN3CC4(CC(SSC5CCCCC5)C4)C3)cc2)c(O)cc1O. The molecule has 2 aromatic carbocycles. The van der Waals surface area contributed by atoms with Gasteiger partial charge in [0.05, 0.1) is 5.56 Å². The molecule has 46 heavy (non-hydrogen) atoms. The Morgan fingerprint density at radius 2 is 1.65 bits per heavy atom. The largest absolute Gasteiger partial charge is 0.508 e. The van der Waals surface area contributed by atoms with Crippen LogP contribution in [0.5, 0.6) is 11.5 Å². The van der Waals surface area contributed by atoms with Gasteiger partial charge >= 0.3 is 6.18 Å². The number of benzene rings is 2. The van der Waals surface area contributed by atoms with Crippen molar-refractivity contribution in [3.8, 4) is 11.5 Å². The van der Waals surface area contributed by atoms with Crippen molar-refractivity contribution in [2.24, 2.45) is 5.41 Å². The van der Waals surface area contributed by atoms with E-state index in [2.05, 4.69) is 26.5 Å². The van der Waals surface area contributed by atoms with Crippen molar-refractivity contribution in [1.82, 2.24) is 10.2 Å². The topological polar surface area (TPSA) is 124 Å². The van der Waals surface area contributed by atoms with E-state index in [1.807, 2.05) is 26.0 Å². The minimum atomic E-state index is -4.68. The Kier molecular flexibility index (Phi) is 10.5. The molecule has 0 bridgehead atoms. The number of nitrogens with one attached hydrogen (secondary N) is 3. The molecular formula is C33H42F3N5O3S2. The number of anilines is 1. The number of amidine groups is 2. The summed E-state index contributed by atoms with van der Waals surface area (Å²) in [6, 6.07) is 9.33. The highest BCUT2D eigenvalue weighted by molar-refractivity contribution is 8.77. The van der Waals surface area contributed by atoms with E-state index in [9.17, 15) is 28.2 Å². The van der Waals surface area contributed by atoms with Crippen LogP contribution in [0, 0.1) is 16.2 Å². The zero-order valence-electron chi connectivity index (χ0n) is 26.1. The molecule has 0 atom stereocenters. The molecule has 0 radical (unpaired) electrons. The van der Waals surface area contributed by atoms with Gasteiger partial charge in [-0.1, -0.05) is 66.8 Å². The Morgan fingerprint density at radius 1 is 1.02 bits per heavy atom. The number of alkyl halides is 3. The van der Waals surface area contributed by atoms with E-state index in [4.69, 9.17) is 10.8 Å². The average Bonchev–Trinajstić information content (AvgIpc) is 2.96. The fourth-order valence-electron chi connectivity index (χ4n) is 6.68. The molecule has 250 valence electrons. The summed E-state index contributed by atoms with van der Waals surface area (Å²) >= 11 is 0. The molecule has 3 aliphatic rings. The van der Waals surface area contributed by atoms with Gasteiger partial charge in [0, 0.05) is 41.9 Å². The van der Waals surface area contributed by atoms with Crippen molar-refractivity contribution >= 4 is 44.9 Å². The first-order chi connectivity index (χ1) is 21.7. The van der Waals surface area contributed by atoms with Gasteiger partial charge in [0.1, 0.15) is 23.9 Å². The third-order valence-corrected chi connectivity index (χ3v) is 12.5. The van der Waals surface area contributed by atoms with Crippen LogP contribution < -0.4 is 10.2 Å². The molecular weight excluding hydrogens is 636 g/mol. The molecule has 5 rings (SSSR count). The van der Waals surface area contributed by atoms with Gasteiger partial charge in [0.2, 0.25) is 0 Å². The van der Waals surface area contributed by atoms with Crippen molar-refractivity contribution < 1.29 is 28.2 Å². The number of carbonyl (C=O) groups excluding carboxylic acids is 1. The Morgan fingerprint density at radius 3 is 2.26 bits per heavy atom. The summed E-state index contributed by atoms with van der Waals surface area (Å²) in [7, 11) is 4.19. The fourth-order valence-corrected chi connectivity index (χ4v) is 10.3. The van der Waals surface area contributed by atoms with Gasteiger partial charge in [-0.05, 0) is 66.3 Å². The number of phenols is 2. The number of halogens is 3. The Balaban J connectivity index is 1.24. The highest BCUT2D eigenvalue weighted by atomic mass is 33.1. The number of rotatable bonds is 9. The number of aromatic hydroxyl groups is 2. The Bertz CT molecular complexity index is 1430. The first-order valence-electron chi connectivity index (χ1n) is 15.8. The first-order valence-corrected chi connectivity index (χ1v) is 18.0. The van der Waals surface area contributed by atoms with E-state index in [0.717, 1.165) is 40.1 Å². The van der Waals surface area contributed by atoms with Gasteiger partial charge in [-0.25, -0.2) is 0 Å².